The standard InChI is InChI=1S/C47H48N2/c1-47(2)43-27-37(23-24-38(43)41-28-42-39-11-7-8-12-45(39)48(3)46(42)29-44(41)47)49(35-19-15-32(16-20-35)31-9-5-4-6-10-31)36-21-17-33(18-22-36)40-26-30-13-14-34(40)25-30/h7-8,11-12,15-24,27-31,34,40H,4-6,9-10,13-14,25-26H2,1-3H3. The summed E-state index contributed by atoms with van der Waals surface area (Å²) in [5.74, 6) is 3.32. The van der Waals surface area contributed by atoms with E-state index < -0.39 is 0 Å². The van der Waals surface area contributed by atoms with E-state index in [1.165, 1.54) is 124 Å². The molecule has 2 heteroatoms. The zero-order valence-corrected chi connectivity index (χ0v) is 29.4. The van der Waals surface area contributed by atoms with E-state index in [1.807, 2.05) is 0 Å². The maximum absolute atomic E-state index is 2.51. The van der Waals surface area contributed by atoms with Crippen molar-refractivity contribution in [3.63, 3.8) is 0 Å². The Hall–Kier alpha value is -4.30. The fourth-order valence-corrected chi connectivity index (χ4v) is 10.8. The Morgan fingerprint density at radius 1 is 0.592 bits per heavy atom. The molecule has 5 aromatic carbocycles. The Labute approximate surface area is 291 Å². The first-order valence-corrected chi connectivity index (χ1v) is 19.1. The van der Waals surface area contributed by atoms with Crippen molar-refractivity contribution < 1.29 is 0 Å². The van der Waals surface area contributed by atoms with Crippen LogP contribution in [0.1, 0.15) is 106 Å². The summed E-state index contributed by atoms with van der Waals surface area (Å²) in [4.78, 5) is 2.51. The molecule has 6 aromatic rings. The molecule has 49 heavy (non-hydrogen) atoms. The van der Waals surface area contributed by atoms with E-state index in [-0.39, 0.29) is 5.41 Å². The zero-order valence-electron chi connectivity index (χ0n) is 29.4. The minimum atomic E-state index is -0.104. The average molecular weight is 641 g/mol. The second-order valence-electron chi connectivity index (χ2n) is 16.5. The molecule has 0 N–H and O–H groups in total. The SMILES string of the molecule is Cn1c2ccccc2c2cc3c(cc21)C(C)(C)c1cc(N(c2ccc(C4CCCCC4)cc2)c2ccc(C4CC5CCC4C5)cc2)ccc1-3. The van der Waals surface area contributed by atoms with E-state index in [0.717, 1.165) is 17.8 Å². The molecule has 0 aliphatic heterocycles. The van der Waals surface area contributed by atoms with Gasteiger partial charge in [0, 0.05) is 51.3 Å². The van der Waals surface area contributed by atoms with Gasteiger partial charge in [-0.25, -0.2) is 0 Å². The van der Waals surface area contributed by atoms with Crippen molar-refractivity contribution in [2.24, 2.45) is 18.9 Å². The third-order valence-electron chi connectivity index (χ3n) is 13.5. The van der Waals surface area contributed by atoms with E-state index >= 15 is 0 Å². The molecule has 2 bridgehead atoms. The van der Waals surface area contributed by atoms with Gasteiger partial charge in [-0.3, -0.25) is 0 Å². The number of nitrogens with zero attached hydrogens (tertiary/aromatic N) is 2. The Morgan fingerprint density at radius 3 is 2.00 bits per heavy atom. The van der Waals surface area contributed by atoms with Crippen LogP contribution in [-0.4, -0.2) is 4.57 Å². The third kappa shape index (κ3) is 4.59. The number of benzene rings is 5. The first-order valence-electron chi connectivity index (χ1n) is 19.1. The van der Waals surface area contributed by atoms with Crippen LogP contribution in [0.3, 0.4) is 0 Å². The Bertz CT molecular complexity index is 2210. The molecular weight excluding hydrogens is 593 g/mol. The Morgan fingerprint density at radius 2 is 1.29 bits per heavy atom. The van der Waals surface area contributed by atoms with Gasteiger partial charge in [0.2, 0.25) is 0 Å². The lowest BCUT2D eigenvalue weighted by Gasteiger charge is -2.29. The summed E-state index contributed by atoms with van der Waals surface area (Å²) in [5.41, 5.74) is 14.9. The van der Waals surface area contributed by atoms with Crippen LogP contribution in [-0.2, 0) is 12.5 Å². The molecule has 0 spiro atoms. The third-order valence-corrected chi connectivity index (χ3v) is 13.5. The molecule has 1 heterocycles. The van der Waals surface area contributed by atoms with E-state index in [4.69, 9.17) is 0 Å². The topological polar surface area (TPSA) is 8.17 Å². The first-order chi connectivity index (χ1) is 23.9. The molecule has 1 aromatic heterocycles. The number of anilines is 3. The molecular formula is C47H48N2. The fraction of sp³-hybridized carbons (Fsp3) is 0.362. The van der Waals surface area contributed by atoms with Crippen molar-refractivity contribution in [2.45, 2.75) is 88.9 Å². The first kappa shape index (κ1) is 29.6. The molecule has 4 aliphatic carbocycles. The fourth-order valence-electron chi connectivity index (χ4n) is 10.8. The van der Waals surface area contributed by atoms with Gasteiger partial charge in [-0.15, -0.1) is 0 Å². The van der Waals surface area contributed by atoms with E-state index in [9.17, 15) is 0 Å². The van der Waals surface area contributed by atoms with E-state index in [2.05, 4.69) is 133 Å². The number of para-hydroxylation sites is 1. The monoisotopic (exact) mass is 640 g/mol. The Kier molecular flexibility index (Phi) is 6.71. The normalized spacial score (nSPS) is 22.6. The van der Waals surface area contributed by atoms with Crippen LogP contribution in [0.4, 0.5) is 17.1 Å². The molecule has 2 nitrogen and oxygen atoms in total. The van der Waals surface area contributed by atoms with Crippen molar-refractivity contribution in [3.05, 3.63) is 125 Å². The summed E-state index contributed by atoms with van der Waals surface area (Å²) in [5, 5.41) is 2.68. The molecule has 3 fully saturated rings. The lowest BCUT2D eigenvalue weighted by atomic mass is 9.82. The van der Waals surface area contributed by atoms with Crippen molar-refractivity contribution in [3.8, 4) is 11.1 Å². The molecule has 4 aliphatic rings. The summed E-state index contributed by atoms with van der Waals surface area (Å²) in [6.07, 6.45) is 12.5. The largest absolute Gasteiger partial charge is 0.344 e. The number of hydrogen-bond donors (Lipinski definition) is 0. The van der Waals surface area contributed by atoms with Gasteiger partial charge in [0.05, 0.1) is 0 Å². The van der Waals surface area contributed by atoms with Gasteiger partial charge in [-0.05, 0) is 144 Å². The quantitative estimate of drug-likeness (QED) is 0.182. The highest BCUT2D eigenvalue weighted by Gasteiger charge is 2.40. The second-order valence-corrected chi connectivity index (χ2v) is 16.5. The highest BCUT2D eigenvalue weighted by molar-refractivity contribution is 6.10. The van der Waals surface area contributed by atoms with Gasteiger partial charge in [0.15, 0.2) is 0 Å². The molecule has 0 saturated heterocycles. The van der Waals surface area contributed by atoms with Crippen LogP contribution in [0.2, 0.25) is 0 Å². The van der Waals surface area contributed by atoms with Gasteiger partial charge in [0.1, 0.15) is 0 Å². The lowest BCUT2D eigenvalue weighted by molar-refractivity contribution is 0.420. The minimum absolute atomic E-state index is 0.104. The highest BCUT2D eigenvalue weighted by Crippen LogP contribution is 2.54. The van der Waals surface area contributed by atoms with Gasteiger partial charge >= 0.3 is 0 Å². The van der Waals surface area contributed by atoms with Crippen LogP contribution in [0.5, 0.6) is 0 Å². The predicted octanol–water partition coefficient (Wildman–Crippen LogP) is 13.1. The van der Waals surface area contributed by atoms with E-state index in [1.54, 1.807) is 5.56 Å². The van der Waals surface area contributed by atoms with Crippen molar-refractivity contribution in [1.82, 2.24) is 4.57 Å². The number of hydrogen-bond acceptors (Lipinski definition) is 1. The van der Waals surface area contributed by atoms with Crippen molar-refractivity contribution >= 4 is 38.9 Å². The molecule has 0 radical (unpaired) electrons. The van der Waals surface area contributed by atoms with E-state index in [0.29, 0.717) is 5.92 Å². The molecule has 10 rings (SSSR count). The van der Waals surface area contributed by atoms with Gasteiger partial charge in [0.25, 0.3) is 0 Å². The summed E-state index contributed by atoms with van der Waals surface area (Å²) in [7, 11) is 2.21. The van der Waals surface area contributed by atoms with Crippen LogP contribution < -0.4 is 4.90 Å². The number of rotatable bonds is 5. The number of aryl methyl sites for hydroxylation is 1. The summed E-state index contributed by atoms with van der Waals surface area (Å²) in [6.45, 7) is 4.84. The van der Waals surface area contributed by atoms with Crippen LogP contribution in [0, 0.1) is 11.8 Å². The smallest absolute Gasteiger partial charge is 0.0492 e. The maximum atomic E-state index is 2.51. The summed E-state index contributed by atoms with van der Waals surface area (Å²) >= 11 is 0. The van der Waals surface area contributed by atoms with Crippen molar-refractivity contribution in [1.29, 1.82) is 0 Å². The zero-order chi connectivity index (χ0) is 32.9. The van der Waals surface area contributed by atoms with Crippen LogP contribution >= 0.6 is 0 Å². The molecule has 3 saturated carbocycles. The number of fused-ring (bicyclic) bond motifs is 8. The summed E-state index contributed by atoms with van der Waals surface area (Å²) in [6, 6.07) is 40.4. The predicted molar refractivity (Wildman–Crippen MR) is 207 cm³/mol. The van der Waals surface area contributed by atoms with Crippen LogP contribution in [0.25, 0.3) is 32.9 Å². The second kappa shape index (κ2) is 11.1. The average Bonchev–Trinajstić information content (AvgIpc) is 3.90. The maximum Gasteiger partial charge on any atom is 0.0492 e. The molecule has 0 amide bonds. The summed E-state index contributed by atoms with van der Waals surface area (Å²) < 4.78 is 2.37. The highest BCUT2D eigenvalue weighted by atomic mass is 15.1. The lowest BCUT2D eigenvalue weighted by Crippen LogP contribution is -2.17. The van der Waals surface area contributed by atoms with Gasteiger partial charge in [-0.2, -0.15) is 0 Å². The molecule has 3 unspecified atom stereocenters. The van der Waals surface area contributed by atoms with Gasteiger partial charge in [-0.1, -0.05) is 88.1 Å². The minimum Gasteiger partial charge on any atom is -0.344 e. The number of aromatic nitrogens is 1. The molecule has 3 atom stereocenters. The molecule has 246 valence electrons. The van der Waals surface area contributed by atoms with Crippen LogP contribution in [0.15, 0.2) is 103 Å². The Balaban J connectivity index is 1.07. The van der Waals surface area contributed by atoms with Gasteiger partial charge < -0.3 is 9.47 Å². The van der Waals surface area contributed by atoms with Crippen molar-refractivity contribution in [2.75, 3.05) is 4.90 Å².